The normalized spacial score (nSPS) is 24.1. The lowest BCUT2D eigenvalue weighted by Crippen LogP contribution is -2.50. The molecule has 0 saturated heterocycles. The van der Waals surface area contributed by atoms with Crippen LogP contribution in [-0.4, -0.2) is 17.4 Å². The molecule has 1 aromatic carbocycles. The van der Waals surface area contributed by atoms with E-state index in [1.807, 2.05) is 0 Å². The number of nitrogens with zero attached hydrogens (tertiary/aromatic N) is 1. The number of nitrogens with two attached hydrogens (primary N) is 1. The summed E-state index contributed by atoms with van der Waals surface area (Å²) in [6, 6.07) is 5.93. The number of hydrogen-bond donors (Lipinski definition) is 2. The van der Waals surface area contributed by atoms with Crippen molar-refractivity contribution in [2.45, 2.75) is 18.9 Å². The van der Waals surface area contributed by atoms with Gasteiger partial charge in [-0.25, -0.2) is 9.18 Å². The smallest absolute Gasteiger partial charge is 0.343 e. The van der Waals surface area contributed by atoms with E-state index < -0.39 is 11.6 Å². The van der Waals surface area contributed by atoms with Crippen LogP contribution in [-0.2, 0) is 6.42 Å². The molecule has 1 aliphatic heterocycles. The van der Waals surface area contributed by atoms with E-state index in [1.54, 1.807) is 25.1 Å². The van der Waals surface area contributed by atoms with Crippen LogP contribution in [0.15, 0.2) is 29.3 Å². The summed E-state index contributed by atoms with van der Waals surface area (Å²) in [4.78, 5) is 14.7. The zero-order valence-electron chi connectivity index (χ0n) is 8.83. The van der Waals surface area contributed by atoms with Gasteiger partial charge in [0, 0.05) is 6.42 Å². The lowest BCUT2D eigenvalue weighted by Gasteiger charge is -2.24. The number of amidine groups is 1. The van der Waals surface area contributed by atoms with Crippen LogP contribution < -0.4 is 11.1 Å². The molecular weight excluding hydrogens is 209 g/mol. The second-order valence-corrected chi connectivity index (χ2v) is 4.03. The minimum atomic E-state index is -0.792. The SMILES string of the molecule is CC1(Cc2ccccc2F)NC(=O)N=C1N. The third-order valence-electron chi connectivity index (χ3n) is 2.67. The van der Waals surface area contributed by atoms with E-state index >= 15 is 0 Å². The van der Waals surface area contributed by atoms with Crippen molar-refractivity contribution >= 4 is 11.9 Å². The number of rotatable bonds is 2. The Balaban J connectivity index is 2.26. The van der Waals surface area contributed by atoms with Crippen molar-refractivity contribution in [1.29, 1.82) is 0 Å². The molecule has 1 heterocycles. The molecular formula is C11H12FN3O. The molecule has 2 amide bonds. The fourth-order valence-corrected chi connectivity index (χ4v) is 1.72. The van der Waals surface area contributed by atoms with Gasteiger partial charge in [0.25, 0.3) is 0 Å². The first kappa shape index (κ1) is 10.6. The van der Waals surface area contributed by atoms with Crippen LogP contribution in [0.1, 0.15) is 12.5 Å². The van der Waals surface area contributed by atoms with Gasteiger partial charge in [0.05, 0.1) is 0 Å². The van der Waals surface area contributed by atoms with Gasteiger partial charge < -0.3 is 11.1 Å². The quantitative estimate of drug-likeness (QED) is 0.788. The fraction of sp³-hybridized carbons (Fsp3) is 0.273. The van der Waals surface area contributed by atoms with E-state index in [4.69, 9.17) is 5.73 Å². The summed E-state index contributed by atoms with van der Waals surface area (Å²) in [5.74, 6) is -0.113. The molecule has 1 aliphatic rings. The number of benzene rings is 1. The van der Waals surface area contributed by atoms with Crippen LogP contribution in [0.5, 0.6) is 0 Å². The molecule has 0 aliphatic carbocycles. The summed E-state index contributed by atoms with van der Waals surface area (Å²) in [6.07, 6.45) is 0.292. The average Bonchev–Trinajstić information content (AvgIpc) is 2.45. The zero-order chi connectivity index (χ0) is 11.8. The molecule has 0 aromatic heterocycles. The monoisotopic (exact) mass is 221 g/mol. The molecule has 1 unspecified atom stereocenters. The van der Waals surface area contributed by atoms with Crippen molar-refractivity contribution in [1.82, 2.24) is 5.32 Å². The van der Waals surface area contributed by atoms with Crippen molar-refractivity contribution in [3.63, 3.8) is 0 Å². The highest BCUT2D eigenvalue weighted by Gasteiger charge is 2.37. The van der Waals surface area contributed by atoms with Gasteiger partial charge in [-0.3, -0.25) is 0 Å². The minimum Gasteiger partial charge on any atom is -0.385 e. The first-order chi connectivity index (χ1) is 7.51. The number of halogens is 1. The Labute approximate surface area is 92.4 Å². The van der Waals surface area contributed by atoms with Gasteiger partial charge >= 0.3 is 6.03 Å². The predicted molar refractivity (Wildman–Crippen MR) is 58.7 cm³/mol. The van der Waals surface area contributed by atoms with Crippen molar-refractivity contribution in [3.8, 4) is 0 Å². The van der Waals surface area contributed by atoms with E-state index in [1.165, 1.54) is 6.07 Å². The molecule has 0 fully saturated rings. The van der Waals surface area contributed by atoms with Crippen molar-refractivity contribution in [2.75, 3.05) is 0 Å². The van der Waals surface area contributed by atoms with Gasteiger partial charge in [-0.15, -0.1) is 0 Å². The lowest BCUT2D eigenvalue weighted by molar-refractivity contribution is 0.247. The fourth-order valence-electron chi connectivity index (χ4n) is 1.72. The average molecular weight is 221 g/mol. The Morgan fingerprint density at radius 1 is 1.50 bits per heavy atom. The summed E-state index contributed by atoms with van der Waals surface area (Å²) in [5, 5.41) is 2.62. The van der Waals surface area contributed by atoms with Gasteiger partial charge in [0.1, 0.15) is 17.2 Å². The van der Waals surface area contributed by atoms with E-state index in [-0.39, 0.29) is 11.7 Å². The molecule has 1 aromatic rings. The van der Waals surface area contributed by atoms with Crippen LogP contribution in [0.2, 0.25) is 0 Å². The van der Waals surface area contributed by atoms with Crippen LogP contribution in [0.3, 0.4) is 0 Å². The zero-order valence-corrected chi connectivity index (χ0v) is 8.83. The first-order valence-electron chi connectivity index (χ1n) is 4.91. The lowest BCUT2D eigenvalue weighted by atomic mass is 9.92. The molecule has 4 nitrogen and oxygen atoms in total. The summed E-state index contributed by atoms with van der Waals surface area (Å²) >= 11 is 0. The molecule has 0 saturated carbocycles. The summed E-state index contributed by atoms with van der Waals surface area (Å²) in [5.41, 5.74) is 5.36. The largest absolute Gasteiger partial charge is 0.385 e. The van der Waals surface area contributed by atoms with E-state index in [0.29, 0.717) is 12.0 Å². The van der Waals surface area contributed by atoms with E-state index in [9.17, 15) is 9.18 Å². The number of nitrogens with one attached hydrogen (secondary N) is 1. The molecule has 2 rings (SSSR count). The second-order valence-electron chi connectivity index (χ2n) is 4.03. The van der Waals surface area contributed by atoms with Gasteiger partial charge in [0.15, 0.2) is 0 Å². The Morgan fingerprint density at radius 2 is 2.19 bits per heavy atom. The van der Waals surface area contributed by atoms with Gasteiger partial charge in [-0.2, -0.15) is 4.99 Å². The van der Waals surface area contributed by atoms with E-state index in [0.717, 1.165) is 0 Å². The molecule has 0 bridgehead atoms. The minimum absolute atomic E-state index is 0.195. The molecule has 0 radical (unpaired) electrons. The summed E-state index contributed by atoms with van der Waals surface area (Å²) < 4.78 is 13.4. The number of amides is 2. The third-order valence-corrected chi connectivity index (χ3v) is 2.67. The third kappa shape index (κ3) is 1.76. The van der Waals surface area contributed by atoms with Crippen LogP contribution >= 0.6 is 0 Å². The predicted octanol–water partition coefficient (Wildman–Crippen LogP) is 1.21. The van der Waals surface area contributed by atoms with Crippen LogP contribution in [0.4, 0.5) is 9.18 Å². The maximum Gasteiger partial charge on any atom is 0.343 e. The van der Waals surface area contributed by atoms with Crippen molar-refractivity contribution in [3.05, 3.63) is 35.6 Å². The standard InChI is InChI=1S/C11H12FN3O/c1-11(9(13)14-10(16)15-11)6-7-4-2-3-5-8(7)12/h2-5H,6H2,1H3,(H3,13,14,15,16). The van der Waals surface area contributed by atoms with Crippen molar-refractivity contribution < 1.29 is 9.18 Å². The number of urea groups is 1. The van der Waals surface area contributed by atoms with Gasteiger partial charge in [0.2, 0.25) is 0 Å². The highest BCUT2D eigenvalue weighted by Crippen LogP contribution is 2.19. The van der Waals surface area contributed by atoms with Crippen molar-refractivity contribution in [2.24, 2.45) is 10.7 Å². The molecule has 5 heteroatoms. The number of carbonyl (C=O) groups is 1. The van der Waals surface area contributed by atoms with Crippen LogP contribution in [0, 0.1) is 5.82 Å². The number of carbonyl (C=O) groups excluding carboxylic acids is 1. The molecule has 0 spiro atoms. The Morgan fingerprint density at radius 3 is 2.75 bits per heavy atom. The maximum atomic E-state index is 13.4. The maximum absolute atomic E-state index is 13.4. The second kappa shape index (κ2) is 3.59. The summed E-state index contributed by atoms with van der Waals surface area (Å²) in [7, 11) is 0. The first-order valence-corrected chi connectivity index (χ1v) is 4.91. The van der Waals surface area contributed by atoms with Crippen LogP contribution in [0.25, 0.3) is 0 Å². The van der Waals surface area contributed by atoms with Gasteiger partial charge in [-0.05, 0) is 18.6 Å². The molecule has 84 valence electrons. The number of hydrogen-bond acceptors (Lipinski definition) is 2. The Kier molecular flexibility index (Phi) is 2.38. The highest BCUT2D eigenvalue weighted by atomic mass is 19.1. The number of aliphatic imine (C=N–C) groups is 1. The Bertz CT molecular complexity index is 472. The molecule has 1 atom stereocenters. The molecule has 3 N–H and O–H groups in total. The van der Waals surface area contributed by atoms with E-state index in [2.05, 4.69) is 10.3 Å². The highest BCUT2D eigenvalue weighted by molar-refractivity contribution is 6.05. The Hall–Kier alpha value is -1.91. The topological polar surface area (TPSA) is 67.5 Å². The van der Waals surface area contributed by atoms with Gasteiger partial charge in [-0.1, -0.05) is 18.2 Å². The molecule has 16 heavy (non-hydrogen) atoms. The summed E-state index contributed by atoms with van der Waals surface area (Å²) in [6.45, 7) is 1.73.